The Kier molecular flexibility index (Phi) is 13.1. The van der Waals surface area contributed by atoms with Crippen LogP contribution in [-0.4, -0.2) is 36.2 Å². The normalized spacial score (nSPS) is 12.2. The molecular formula is C85H55BN8. The Morgan fingerprint density at radius 2 is 0.670 bits per heavy atom. The molecule has 0 aliphatic carbocycles. The van der Waals surface area contributed by atoms with E-state index in [0.29, 0.717) is 23.3 Å². The van der Waals surface area contributed by atoms with Gasteiger partial charge >= 0.3 is 0 Å². The number of rotatable bonds is 11. The average molecular weight is 1200 g/mol. The van der Waals surface area contributed by atoms with E-state index in [1.54, 1.807) is 0 Å². The van der Waals surface area contributed by atoms with E-state index in [0.717, 1.165) is 106 Å². The van der Waals surface area contributed by atoms with Crippen molar-refractivity contribution in [1.82, 2.24) is 29.5 Å². The lowest BCUT2D eigenvalue weighted by Crippen LogP contribution is -2.61. The molecule has 0 fully saturated rings. The molecule has 9 heteroatoms. The minimum atomic E-state index is 0.0627. The van der Waals surface area contributed by atoms with E-state index < -0.39 is 0 Å². The van der Waals surface area contributed by atoms with Crippen LogP contribution in [0.25, 0.3) is 118 Å². The predicted molar refractivity (Wildman–Crippen MR) is 387 cm³/mol. The summed E-state index contributed by atoms with van der Waals surface area (Å²) < 4.78 is 2.37. The highest BCUT2D eigenvalue weighted by Crippen LogP contribution is 2.45. The maximum atomic E-state index is 5.59. The van der Waals surface area contributed by atoms with Gasteiger partial charge in [0.15, 0.2) is 23.3 Å². The van der Waals surface area contributed by atoms with E-state index in [2.05, 4.69) is 293 Å². The number of fused-ring (bicyclic) bond motifs is 7. The van der Waals surface area contributed by atoms with Crippen molar-refractivity contribution in [2.45, 2.75) is 0 Å². The quantitative estimate of drug-likeness (QED) is 0.119. The average Bonchev–Trinajstić information content (AvgIpc) is 0.738. The summed E-state index contributed by atoms with van der Waals surface area (Å²) in [5, 5.41) is 2.28. The second-order valence-corrected chi connectivity index (χ2v) is 23.9. The van der Waals surface area contributed by atoms with Crippen LogP contribution in [0.5, 0.6) is 0 Å². The summed E-state index contributed by atoms with van der Waals surface area (Å²) in [4.78, 5) is 31.8. The number of hydrogen-bond acceptors (Lipinski definition) is 7. The molecule has 0 spiro atoms. The molecule has 2 aliphatic rings. The van der Waals surface area contributed by atoms with Crippen LogP contribution < -0.4 is 26.2 Å². The third-order valence-corrected chi connectivity index (χ3v) is 18.5. The number of anilines is 6. The Morgan fingerprint density at radius 3 is 1.33 bits per heavy atom. The summed E-state index contributed by atoms with van der Waals surface area (Å²) >= 11 is 0. The molecule has 0 atom stereocenters. The van der Waals surface area contributed by atoms with E-state index in [9.17, 15) is 0 Å². The van der Waals surface area contributed by atoms with E-state index >= 15 is 0 Å². The van der Waals surface area contributed by atoms with Crippen molar-refractivity contribution in [3.05, 3.63) is 334 Å². The first kappa shape index (κ1) is 54.4. The van der Waals surface area contributed by atoms with Gasteiger partial charge in [-0.1, -0.05) is 243 Å². The Balaban J connectivity index is 0.787. The molecule has 5 heterocycles. The zero-order chi connectivity index (χ0) is 62.1. The van der Waals surface area contributed by atoms with Crippen LogP contribution in [0, 0.1) is 0 Å². The van der Waals surface area contributed by atoms with E-state index in [1.165, 1.54) is 39.1 Å². The topological polar surface area (TPSA) is 75.9 Å². The Morgan fingerprint density at radius 1 is 0.234 bits per heavy atom. The second-order valence-electron chi connectivity index (χ2n) is 23.9. The lowest BCUT2D eigenvalue weighted by Gasteiger charge is -2.44. The van der Waals surface area contributed by atoms with Crippen LogP contribution in [0.1, 0.15) is 0 Å². The number of para-hydroxylation sites is 4. The van der Waals surface area contributed by atoms with Gasteiger partial charge in [-0.25, -0.2) is 24.9 Å². The van der Waals surface area contributed by atoms with Crippen LogP contribution in [-0.2, 0) is 0 Å². The van der Waals surface area contributed by atoms with Gasteiger partial charge in [0.25, 0.3) is 6.71 Å². The maximum absolute atomic E-state index is 5.59. The number of nitrogens with zero attached hydrogens (tertiary/aromatic N) is 8. The highest BCUT2D eigenvalue weighted by molar-refractivity contribution is 7.00. The first-order valence-electron chi connectivity index (χ1n) is 31.8. The molecule has 0 saturated carbocycles. The Hall–Kier alpha value is -12.6. The van der Waals surface area contributed by atoms with Crippen molar-refractivity contribution in [2.75, 3.05) is 9.80 Å². The summed E-state index contributed by atoms with van der Waals surface area (Å²) in [6.45, 7) is 0.0627. The van der Waals surface area contributed by atoms with E-state index in [1.807, 2.05) is 54.6 Å². The summed E-state index contributed by atoms with van der Waals surface area (Å²) in [5.74, 6) is 2.26. The molecule has 3 aromatic heterocycles. The molecule has 0 saturated heterocycles. The fourth-order valence-electron chi connectivity index (χ4n) is 14.1. The van der Waals surface area contributed by atoms with Crippen LogP contribution in [0.2, 0.25) is 0 Å². The number of aromatic nitrogens is 6. The Labute approximate surface area is 544 Å². The zero-order valence-electron chi connectivity index (χ0n) is 50.9. The van der Waals surface area contributed by atoms with Gasteiger partial charge in [0, 0.05) is 78.3 Å². The van der Waals surface area contributed by atoms with Crippen LogP contribution in [0.4, 0.5) is 34.1 Å². The first-order valence-corrected chi connectivity index (χ1v) is 31.8. The third-order valence-electron chi connectivity index (χ3n) is 18.5. The number of hydrogen-bond donors (Lipinski definition) is 0. The minimum absolute atomic E-state index is 0.0627. The molecule has 13 aromatic carbocycles. The molecular weight excluding hydrogens is 1140 g/mol. The highest BCUT2D eigenvalue weighted by atomic mass is 15.2. The summed E-state index contributed by atoms with van der Waals surface area (Å²) in [6.07, 6.45) is 0. The van der Waals surface area contributed by atoms with Crippen molar-refractivity contribution in [1.29, 1.82) is 0 Å². The molecule has 0 unspecified atom stereocenters. The maximum Gasteiger partial charge on any atom is 0.252 e. The summed E-state index contributed by atoms with van der Waals surface area (Å²) in [6, 6.07) is 118. The van der Waals surface area contributed by atoms with Gasteiger partial charge in [-0.2, -0.15) is 0 Å². The molecule has 438 valence electrons. The van der Waals surface area contributed by atoms with Gasteiger partial charge in [0.05, 0.1) is 28.1 Å². The van der Waals surface area contributed by atoms with Gasteiger partial charge in [0.1, 0.15) is 0 Å². The molecule has 0 radical (unpaired) electrons. The second kappa shape index (κ2) is 22.7. The van der Waals surface area contributed by atoms with Crippen molar-refractivity contribution in [2.24, 2.45) is 0 Å². The van der Waals surface area contributed by atoms with E-state index in [-0.39, 0.29) is 6.71 Å². The zero-order valence-corrected chi connectivity index (χ0v) is 50.9. The molecule has 16 aromatic rings. The summed E-state index contributed by atoms with van der Waals surface area (Å²) in [7, 11) is 0. The molecule has 0 bridgehead atoms. The molecule has 18 rings (SSSR count). The molecule has 8 nitrogen and oxygen atoms in total. The van der Waals surface area contributed by atoms with E-state index in [4.69, 9.17) is 24.9 Å². The molecule has 0 N–H and O–H groups in total. The monoisotopic (exact) mass is 1200 g/mol. The van der Waals surface area contributed by atoms with Gasteiger partial charge < -0.3 is 14.4 Å². The summed E-state index contributed by atoms with van der Waals surface area (Å²) in [5.41, 5.74) is 25.2. The fourth-order valence-corrected chi connectivity index (χ4v) is 14.1. The third kappa shape index (κ3) is 9.36. The van der Waals surface area contributed by atoms with Crippen molar-refractivity contribution in [3.63, 3.8) is 0 Å². The van der Waals surface area contributed by atoms with Crippen molar-refractivity contribution < 1.29 is 0 Å². The fraction of sp³-hybridized carbons (Fsp3) is 0. The predicted octanol–water partition coefficient (Wildman–Crippen LogP) is 19.2. The SMILES string of the molecule is c1ccc(-c2ccc3c(c2)c2ccccc2n3-c2ccc(-c3cc(-c4ccccc4)nc(-c4ccccc4)n3)cc2-c2nc(-c3ccccc3)nc(-c3cccc(-c4ccc(N5c6ccccc6B6c7ccccc7N(c7ccccc7)c7cccc5c76)cc4)c3)n2)cc1. The molecule has 0 amide bonds. The highest BCUT2D eigenvalue weighted by Gasteiger charge is 2.43. The molecule has 2 aliphatic heterocycles. The van der Waals surface area contributed by atoms with Crippen LogP contribution >= 0.6 is 0 Å². The molecule has 94 heavy (non-hydrogen) atoms. The largest absolute Gasteiger partial charge is 0.311 e. The Bertz CT molecular complexity index is 5510. The van der Waals surface area contributed by atoms with Crippen molar-refractivity contribution in [3.8, 4) is 96.0 Å². The van der Waals surface area contributed by atoms with Crippen LogP contribution in [0.15, 0.2) is 334 Å². The van der Waals surface area contributed by atoms with Gasteiger partial charge in [-0.3, -0.25) is 0 Å². The van der Waals surface area contributed by atoms with Gasteiger partial charge in [-0.15, -0.1) is 0 Å². The minimum Gasteiger partial charge on any atom is -0.311 e. The lowest BCUT2D eigenvalue weighted by molar-refractivity contribution is 1.06. The van der Waals surface area contributed by atoms with Gasteiger partial charge in [0.2, 0.25) is 0 Å². The lowest BCUT2D eigenvalue weighted by atomic mass is 9.33. The first-order chi connectivity index (χ1) is 46.6. The van der Waals surface area contributed by atoms with Gasteiger partial charge in [-0.05, 0) is 130 Å². The van der Waals surface area contributed by atoms with Crippen molar-refractivity contribution >= 4 is 79.0 Å². The smallest absolute Gasteiger partial charge is 0.252 e. The van der Waals surface area contributed by atoms with Crippen LogP contribution in [0.3, 0.4) is 0 Å². The standard InChI is InChI=1S/C85H55BN8/c1-6-24-56(25-7-1)62-46-50-75-68(53-62)67-36-16-19-39-74(67)94(75)76-51-47-63(73-55-72(58-26-8-2-9-27-58)87-82(88-73)59-28-10-3-11-29-59)54-69(76)85-90-83(60-30-12-4-13-31-60)89-84(91-85)64-33-22-32-61(52-64)57-44-48-66(49-45-57)93-78-41-21-18-38-71(78)86-70-37-17-20-40-77(70)92(65-34-14-5-15-35-65)79-42-23-43-80(93)81(79)86/h1-55H. The number of benzene rings is 13.